The molecule has 0 spiro atoms. The third-order valence-electron chi connectivity index (χ3n) is 4.45. The molecule has 0 amide bonds. The Morgan fingerprint density at radius 2 is 2.17 bits per heavy atom. The molecule has 1 atom stereocenters. The molecule has 18 heavy (non-hydrogen) atoms. The molecule has 2 heterocycles. The zero-order chi connectivity index (χ0) is 13.0. The predicted molar refractivity (Wildman–Crippen MR) is 71.4 cm³/mol. The molecular weight excluding hydrogens is 228 g/mol. The lowest BCUT2D eigenvalue weighted by Gasteiger charge is -2.36. The van der Waals surface area contributed by atoms with E-state index in [4.69, 9.17) is 4.74 Å². The van der Waals surface area contributed by atoms with Crippen LogP contribution in [0.1, 0.15) is 32.6 Å². The van der Waals surface area contributed by atoms with Crippen molar-refractivity contribution in [3.8, 4) is 0 Å². The summed E-state index contributed by atoms with van der Waals surface area (Å²) in [4.78, 5) is 13.8. The van der Waals surface area contributed by atoms with Crippen molar-refractivity contribution >= 4 is 5.97 Å². The van der Waals surface area contributed by atoms with Gasteiger partial charge in [-0.15, -0.1) is 0 Å². The highest BCUT2D eigenvalue weighted by molar-refractivity contribution is 5.69. The van der Waals surface area contributed by atoms with Crippen LogP contribution in [0, 0.1) is 11.3 Å². The molecular formula is C14H26N2O2. The van der Waals surface area contributed by atoms with Crippen LogP contribution < -0.4 is 5.32 Å². The van der Waals surface area contributed by atoms with E-state index in [0.29, 0.717) is 17.8 Å². The minimum atomic E-state index is -0.0552. The van der Waals surface area contributed by atoms with Gasteiger partial charge < -0.3 is 15.0 Å². The average Bonchev–Trinajstić information content (AvgIpc) is 2.78. The molecule has 2 rings (SSSR count). The van der Waals surface area contributed by atoms with Gasteiger partial charge in [0.1, 0.15) is 0 Å². The van der Waals surface area contributed by atoms with E-state index in [2.05, 4.69) is 17.1 Å². The van der Waals surface area contributed by atoms with E-state index in [0.717, 1.165) is 39.0 Å². The van der Waals surface area contributed by atoms with Gasteiger partial charge in [-0.25, -0.2) is 0 Å². The molecule has 1 N–H and O–H groups in total. The first-order chi connectivity index (χ1) is 8.61. The van der Waals surface area contributed by atoms with Gasteiger partial charge in [-0.2, -0.15) is 0 Å². The summed E-state index contributed by atoms with van der Waals surface area (Å²) in [7, 11) is 1.48. The summed E-state index contributed by atoms with van der Waals surface area (Å²) >= 11 is 0. The van der Waals surface area contributed by atoms with Gasteiger partial charge in [0.2, 0.25) is 0 Å². The Kier molecular flexibility index (Phi) is 4.62. The summed E-state index contributed by atoms with van der Waals surface area (Å²) in [6.07, 6.45) is 4.16. The number of ether oxygens (including phenoxy) is 1. The monoisotopic (exact) mass is 254 g/mol. The van der Waals surface area contributed by atoms with E-state index in [9.17, 15) is 4.79 Å². The van der Waals surface area contributed by atoms with E-state index in [1.165, 1.54) is 20.1 Å². The maximum absolute atomic E-state index is 11.2. The Labute approximate surface area is 110 Å². The molecule has 0 bridgehead atoms. The molecule has 0 aromatic rings. The van der Waals surface area contributed by atoms with Crippen molar-refractivity contribution in [1.82, 2.24) is 10.2 Å². The van der Waals surface area contributed by atoms with Gasteiger partial charge in [0, 0.05) is 19.5 Å². The second kappa shape index (κ2) is 6.02. The molecule has 0 aromatic carbocycles. The number of hydrogen-bond donors (Lipinski definition) is 1. The summed E-state index contributed by atoms with van der Waals surface area (Å²) in [6, 6.07) is 0. The molecule has 2 saturated heterocycles. The largest absolute Gasteiger partial charge is 0.469 e. The van der Waals surface area contributed by atoms with Crippen molar-refractivity contribution in [2.45, 2.75) is 32.6 Å². The van der Waals surface area contributed by atoms with Gasteiger partial charge >= 0.3 is 5.97 Å². The summed E-state index contributed by atoms with van der Waals surface area (Å²) in [5, 5.41) is 3.46. The standard InChI is InChI=1S/C14H26N2O2/c1-14(5-6-15-10-14)11-16-7-3-12(4-8-16)9-13(17)18-2/h12,15H,3-11H2,1-2H3. The van der Waals surface area contributed by atoms with Gasteiger partial charge in [-0.1, -0.05) is 6.92 Å². The lowest BCUT2D eigenvalue weighted by atomic mass is 9.87. The number of carbonyl (C=O) groups excluding carboxylic acids is 1. The van der Waals surface area contributed by atoms with Crippen molar-refractivity contribution < 1.29 is 9.53 Å². The molecule has 0 aromatic heterocycles. The number of piperidine rings is 1. The Bertz CT molecular complexity index is 280. The van der Waals surface area contributed by atoms with Crippen LogP contribution in [0.2, 0.25) is 0 Å². The highest BCUT2D eigenvalue weighted by Crippen LogP contribution is 2.28. The van der Waals surface area contributed by atoms with Crippen LogP contribution in [-0.4, -0.2) is 50.7 Å². The Balaban J connectivity index is 1.71. The predicted octanol–water partition coefficient (Wildman–Crippen LogP) is 1.26. The molecule has 2 aliphatic heterocycles. The maximum Gasteiger partial charge on any atom is 0.305 e. The van der Waals surface area contributed by atoms with Crippen LogP contribution in [-0.2, 0) is 9.53 Å². The van der Waals surface area contributed by atoms with Crippen molar-refractivity contribution in [3.63, 3.8) is 0 Å². The quantitative estimate of drug-likeness (QED) is 0.767. The van der Waals surface area contributed by atoms with E-state index in [1.54, 1.807) is 0 Å². The van der Waals surface area contributed by atoms with Crippen LogP contribution in [0.25, 0.3) is 0 Å². The second-order valence-corrected chi connectivity index (χ2v) is 6.24. The van der Waals surface area contributed by atoms with Gasteiger partial charge in [0.15, 0.2) is 0 Å². The number of likely N-dealkylation sites (tertiary alicyclic amines) is 1. The van der Waals surface area contributed by atoms with Crippen LogP contribution in [0.15, 0.2) is 0 Å². The molecule has 104 valence electrons. The molecule has 0 radical (unpaired) electrons. The highest BCUT2D eigenvalue weighted by atomic mass is 16.5. The molecule has 0 saturated carbocycles. The van der Waals surface area contributed by atoms with Crippen LogP contribution >= 0.6 is 0 Å². The zero-order valence-corrected chi connectivity index (χ0v) is 11.7. The lowest BCUT2D eigenvalue weighted by molar-refractivity contribution is -0.142. The van der Waals surface area contributed by atoms with Crippen molar-refractivity contribution in [3.05, 3.63) is 0 Å². The number of nitrogens with one attached hydrogen (secondary N) is 1. The number of rotatable bonds is 4. The lowest BCUT2D eigenvalue weighted by Crippen LogP contribution is -2.42. The topological polar surface area (TPSA) is 41.6 Å². The third kappa shape index (κ3) is 3.69. The Morgan fingerprint density at radius 1 is 1.44 bits per heavy atom. The van der Waals surface area contributed by atoms with E-state index >= 15 is 0 Å². The minimum Gasteiger partial charge on any atom is -0.469 e. The summed E-state index contributed by atoms with van der Waals surface area (Å²) in [5.41, 5.74) is 0.454. The van der Waals surface area contributed by atoms with Crippen LogP contribution in [0.3, 0.4) is 0 Å². The second-order valence-electron chi connectivity index (χ2n) is 6.24. The van der Waals surface area contributed by atoms with Gasteiger partial charge in [-0.3, -0.25) is 4.79 Å². The molecule has 2 aliphatic rings. The molecule has 1 unspecified atom stereocenters. The van der Waals surface area contributed by atoms with Crippen LogP contribution in [0.5, 0.6) is 0 Å². The molecule has 0 aliphatic carbocycles. The fourth-order valence-corrected chi connectivity index (χ4v) is 3.21. The smallest absolute Gasteiger partial charge is 0.305 e. The molecule has 2 fully saturated rings. The van der Waals surface area contributed by atoms with E-state index in [-0.39, 0.29) is 5.97 Å². The third-order valence-corrected chi connectivity index (χ3v) is 4.45. The number of esters is 1. The van der Waals surface area contributed by atoms with Gasteiger partial charge in [0.25, 0.3) is 0 Å². The van der Waals surface area contributed by atoms with E-state index in [1.807, 2.05) is 0 Å². The first kappa shape index (κ1) is 13.8. The normalized spacial score (nSPS) is 30.6. The SMILES string of the molecule is COC(=O)CC1CCN(CC2(C)CCNC2)CC1. The summed E-state index contributed by atoms with van der Waals surface area (Å²) in [6.45, 7) is 8.16. The fourth-order valence-electron chi connectivity index (χ4n) is 3.21. The fraction of sp³-hybridized carbons (Fsp3) is 0.929. The minimum absolute atomic E-state index is 0.0552. The van der Waals surface area contributed by atoms with Crippen molar-refractivity contribution in [2.24, 2.45) is 11.3 Å². The zero-order valence-electron chi connectivity index (χ0n) is 11.7. The number of hydrogen-bond acceptors (Lipinski definition) is 4. The highest BCUT2D eigenvalue weighted by Gasteiger charge is 2.32. The van der Waals surface area contributed by atoms with Gasteiger partial charge in [-0.05, 0) is 50.2 Å². The first-order valence-corrected chi connectivity index (χ1v) is 7.11. The average molecular weight is 254 g/mol. The van der Waals surface area contributed by atoms with Crippen LogP contribution in [0.4, 0.5) is 0 Å². The summed E-state index contributed by atoms with van der Waals surface area (Å²) < 4.78 is 4.74. The Hall–Kier alpha value is -0.610. The number of nitrogens with zero attached hydrogens (tertiary/aromatic N) is 1. The van der Waals surface area contributed by atoms with Gasteiger partial charge in [0.05, 0.1) is 7.11 Å². The number of methoxy groups -OCH3 is 1. The first-order valence-electron chi connectivity index (χ1n) is 7.11. The number of carbonyl (C=O) groups is 1. The van der Waals surface area contributed by atoms with E-state index < -0.39 is 0 Å². The maximum atomic E-state index is 11.2. The Morgan fingerprint density at radius 3 is 2.72 bits per heavy atom. The van der Waals surface area contributed by atoms with Crippen molar-refractivity contribution in [1.29, 1.82) is 0 Å². The molecule has 4 heteroatoms. The summed E-state index contributed by atoms with van der Waals surface area (Å²) in [5.74, 6) is 0.476. The molecule has 4 nitrogen and oxygen atoms in total. The van der Waals surface area contributed by atoms with Crippen molar-refractivity contribution in [2.75, 3.05) is 39.8 Å².